The molecule has 0 saturated carbocycles. The topological polar surface area (TPSA) is 78.9 Å². The molecule has 0 aromatic heterocycles. The zero-order valence-electron chi connectivity index (χ0n) is 52.2. The molecular weight excluding hydrogens is 961 g/mol. The summed E-state index contributed by atoms with van der Waals surface area (Å²) in [4.78, 5) is 38.4. The van der Waals surface area contributed by atoms with Crippen molar-refractivity contribution in [3.8, 4) is 0 Å². The fourth-order valence-electron chi connectivity index (χ4n) is 10.1. The molecule has 0 aromatic rings. The predicted molar refractivity (Wildman–Crippen MR) is 339 cm³/mol. The molecule has 0 fully saturated rings. The van der Waals surface area contributed by atoms with Gasteiger partial charge in [0.05, 0.1) is 0 Å². The minimum Gasteiger partial charge on any atom is -0.462 e. The Bertz CT molecular complexity index is 1390. The van der Waals surface area contributed by atoms with Crippen LogP contribution in [0.15, 0.2) is 60.8 Å². The highest BCUT2D eigenvalue weighted by Crippen LogP contribution is 2.18. The molecule has 0 aliphatic carbocycles. The molecule has 0 amide bonds. The van der Waals surface area contributed by atoms with Gasteiger partial charge in [-0.2, -0.15) is 0 Å². The standard InChI is InChI=1S/C72H130O6/c1-4-7-10-13-16-19-22-25-28-31-32-33-34-35-36-37-38-39-40-42-44-47-50-53-56-59-62-65-71(74)77-68-69(67-76-70(73)64-61-58-55-52-49-46-43-30-27-24-21-18-15-12-9-6-3)78-72(75)66-63-60-57-54-51-48-45-41-29-26-23-20-17-14-11-8-5-2/h8,11,17,20,26,29-30,43,45,48,69H,4-7,9-10,12-16,18-19,21-25,27-28,31-42,44,46-47,49-68H2,1-3H3/b11-8-,20-17-,29-26-,43-30-,48-45-. The highest BCUT2D eigenvalue weighted by atomic mass is 16.6. The van der Waals surface area contributed by atoms with Crippen molar-refractivity contribution >= 4 is 17.9 Å². The lowest BCUT2D eigenvalue weighted by atomic mass is 10.0. The first kappa shape index (κ1) is 75.1. The minimum atomic E-state index is -0.791. The lowest BCUT2D eigenvalue weighted by Gasteiger charge is -2.18. The molecule has 454 valence electrons. The van der Waals surface area contributed by atoms with E-state index >= 15 is 0 Å². The van der Waals surface area contributed by atoms with E-state index in [1.165, 1.54) is 218 Å². The predicted octanol–water partition coefficient (Wildman–Crippen LogP) is 23.5. The summed E-state index contributed by atoms with van der Waals surface area (Å²) in [5, 5.41) is 0. The Morgan fingerprint density at radius 1 is 0.269 bits per heavy atom. The molecule has 0 bridgehead atoms. The number of hydrogen-bond donors (Lipinski definition) is 0. The van der Waals surface area contributed by atoms with Gasteiger partial charge in [-0.1, -0.05) is 319 Å². The Labute approximate surface area is 485 Å². The van der Waals surface area contributed by atoms with Crippen LogP contribution in [0.2, 0.25) is 0 Å². The summed E-state index contributed by atoms with van der Waals surface area (Å²) in [6.07, 6.45) is 85.4. The smallest absolute Gasteiger partial charge is 0.306 e. The normalized spacial score (nSPS) is 12.4. The summed E-state index contributed by atoms with van der Waals surface area (Å²) < 4.78 is 16.9. The number of esters is 3. The number of hydrogen-bond acceptors (Lipinski definition) is 6. The van der Waals surface area contributed by atoms with Crippen molar-refractivity contribution in [1.29, 1.82) is 0 Å². The van der Waals surface area contributed by atoms with Crippen LogP contribution in [0.3, 0.4) is 0 Å². The Balaban J connectivity index is 4.27. The van der Waals surface area contributed by atoms with Crippen molar-refractivity contribution in [3.63, 3.8) is 0 Å². The van der Waals surface area contributed by atoms with E-state index in [0.29, 0.717) is 19.3 Å². The SMILES string of the molecule is CC/C=C\C/C=C\C/C=C\C/C=C\CCCCCCC(=O)OC(COC(=O)CCCCCCC/C=C\CCCCCCCCC)COC(=O)CCCCCCCCCCCCCCCCCCCCCCCCCCCCC. The van der Waals surface area contributed by atoms with E-state index in [-0.39, 0.29) is 31.1 Å². The molecule has 78 heavy (non-hydrogen) atoms. The number of allylic oxidation sites excluding steroid dienone is 10. The van der Waals surface area contributed by atoms with Gasteiger partial charge in [-0.05, 0) is 83.5 Å². The highest BCUT2D eigenvalue weighted by Gasteiger charge is 2.19. The molecule has 6 nitrogen and oxygen atoms in total. The van der Waals surface area contributed by atoms with E-state index in [9.17, 15) is 14.4 Å². The summed E-state index contributed by atoms with van der Waals surface area (Å²) >= 11 is 0. The largest absolute Gasteiger partial charge is 0.462 e. The van der Waals surface area contributed by atoms with Crippen LogP contribution in [-0.4, -0.2) is 37.2 Å². The van der Waals surface area contributed by atoms with Crippen LogP contribution in [0.4, 0.5) is 0 Å². The van der Waals surface area contributed by atoms with Gasteiger partial charge in [-0.25, -0.2) is 0 Å². The van der Waals surface area contributed by atoms with Crippen LogP contribution in [0.1, 0.15) is 361 Å². The first-order chi connectivity index (χ1) is 38.5. The van der Waals surface area contributed by atoms with Crippen molar-refractivity contribution < 1.29 is 28.6 Å². The van der Waals surface area contributed by atoms with E-state index in [1.54, 1.807) is 0 Å². The molecule has 0 aliphatic heterocycles. The van der Waals surface area contributed by atoms with Crippen molar-refractivity contribution in [2.45, 2.75) is 367 Å². The maximum absolute atomic E-state index is 12.9. The number of unbranched alkanes of at least 4 members (excludes halogenated alkanes) is 42. The van der Waals surface area contributed by atoms with E-state index in [0.717, 1.165) is 103 Å². The van der Waals surface area contributed by atoms with E-state index < -0.39 is 6.10 Å². The molecule has 1 unspecified atom stereocenters. The number of ether oxygens (including phenoxy) is 3. The second kappa shape index (κ2) is 66.6. The molecule has 0 saturated heterocycles. The Morgan fingerprint density at radius 2 is 0.500 bits per heavy atom. The molecule has 0 radical (unpaired) electrons. The summed E-state index contributed by atoms with van der Waals surface area (Å²) in [6, 6.07) is 0. The van der Waals surface area contributed by atoms with Crippen molar-refractivity contribution in [2.75, 3.05) is 13.2 Å². The molecule has 6 heteroatoms. The highest BCUT2D eigenvalue weighted by molar-refractivity contribution is 5.71. The van der Waals surface area contributed by atoms with Gasteiger partial charge in [0.15, 0.2) is 6.10 Å². The number of carbonyl (C=O) groups excluding carboxylic acids is 3. The molecule has 0 N–H and O–H groups in total. The third-order valence-electron chi connectivity index (χ3n) is 15.3. The molecule has 0 aromatic carbocycles. The van der Waals surface area contributed by atoms with Crippen LogP contribution < -0.4 is 0 Å². The first-order valence-electron chi connectivity index (χ1n) is 34.3. The van der Waals surface area contributed by atoms with Crippen molar-refractivity contribution in [2.24, 2.45) is 0 Å². The third kappa shape index (κ3) is 63.9. The number of rotatable bonds is 63. The summed E-state index contributed by atoms with van der Waals surface area (Å²) in [5.74, 6) is -0.896. The molecular formula is C72H130O6. The van der Waals surface area contributed by atoms with Gasteiger partial charge in [0.25, 0.3) is 0 Å². The van der Waals surface area contributed by atoms with Gasteiger partial charge in [-0.15, -0.1) is 0 Å². The van der Waals surface area contributed by atoms with Gasteiger partial charge >= 0.3 is 17.9 Å². The summed E-state index contributed by atoms with van der Waals surface area (Å²) in [6.45, 7) is 6.55. The second-order valence-electron chi connectivity index (χ2n) is 23.1. The van der Waals surface area contributed by atoms with Gasteiger partial charge in [0.2, 0.25) is 0 Å². The maximum Gasteiger partial charge on any atom is 0.306 e. The molecule has 1 atom stereocenters. The van der Waals surface area contributed by atoms with Crippen LogP contribution in [0.5, 0.6) is 0 Å². The average molecular weight is 1090 g/mol. The van der Waals surface area contributed by atoms with Crippen LogP contribution in [0, 0.1) is 0 Å². The molecule has 0 rings (SSSR count). The van der Waals surface area contributed by atoms with Crippen molar-refractivity contribution in [1.82, 2.24) is 0 Å². The second-order valence-corrected chi connectivity index (χ2v) is 23.1. The summed E-state index contributed by atoms with van der Waals surface area (Å²) in [5.41, 5.74) is 0. The Hall–Kier alpha value is -2.89. The Morgan fingerprint density at radius 3 is 0.795 bits per heavy atom. The lowest BCUT2D eigenvalue weighted by Crippen LogP contribution is -2.30. The van der Waals surface area contributed by atoms with Crippen molar-refractivity contribution in [3.05, 3.63) is 60.8 Å². The third-order valence-corrected chi connectivity index (χ3v) is 15.3. The Kier molecular flexibility index (Phi) is 64.2. The fraction of sp³-hybridized carbons (Fsp3) is 0.819. The zero-order chi connectivity index (χ0) is 56.4. The monoisotopic (exact) mass is 1090 g/mol. The van der Waals surface area contributed by atoms with Gasteiger partial charge in [0, 0.05) is 19.3 Å². The summed E-state index contributed by atoms with van der Waals surface area (Å²) in [7, 11) is 0. The average Bonchev–Trinajstić information content (AvgIpc) is 3.44. The van der Waals surface area contributed by atoms with E-state index in [2.05, 4.69) is 81.5 Å². The molecule has 0 aliphatic rings. The quantitative estimate of drug-likeness (QED) is 0.0261. The maximum atomic E-state index is 12.9. The van der Waals surface area contributed by atoms with Crippen LogP contribution in [0.25, 0.3) is 0 Å². The fourth-order valence-corrected chi connectivity index (χ4v) is 10.1. The molecule has 0 spiro atoms. The zero-order valence-corrected chi connectivity index (χ0v) is 52.2. The number of carbonyl (C=O) groups is 3. The van der Waals surface area contributed by atoms with E-state index in [4.69, 9.17) is 14.2 Å². The minimum absolute atomic E-state index is 0.0836. The van der Waals surface area contributed by atoms with Gasteiger partial charge < -0.3 is 14.2 Å². The van der Waals surface area contributed by atoms with Crippen LogP contribution in [-0.2, 0) is 28.6 Å². The van der Waals surface area contributed by atoms with Gasteiger partial charge in [0.1, 0.15) is 13.2 Å². The molecule has 0 heterocycles. The lowest BCUT2D eigenvalue weighted by molar-refractivity contribution is -0.167. The van der Waals surface area contributed by atoms with Crippen LogP contribution >= 0.6 is 0 Å². The first-order valence-corrected chi connectivity index (χ1v) is 34.3. The van der Waals surface area contributed by atoms with Gasteiger partial charge in [-0.3, -0.25) is 14.4 Å². The van der Waals surface area contributed by atoms with E-state index in [1.807, 2.05) is 0 Å².